The second-order valence-corrected chi connectivity index (χ2v) is 2.72. The molecule has 0 unspecified atom stereocenters. The van der Waals surface area contributed by atoms with Gasteiger partial charge in [-0.1, -0.05) is 0 Å². The van der Waals surface area contributed by atoms with Crippen molar-refractivity contribution in [1.29, 1.82) is 0 Å². The highest BCUT2D eigenvalue weighted by Gasteiger charge is 2.12. The Hall–Kier alpha value is -2.02. The monoisotopic (exact) mass is 211 g/mol. The molecule has 2 rings (SSSR count). The number of anilines is 1. The minimum absolute atomic E-state index is 0.116. The molecule has 0 radical (unpaired) electrons. The van der Waals surface area contributed by atoms with Crippen molar-refractivity contribution in [3.63, 3.8) is 0 Å². The average Bonchev–Trinajstić information content (AvgIpc) is 2.71. The summed E-state index contributed by atoms with van der Waals surface area (Å²) in [6.07, 6.45) is 2.95. The number of aromatic nitrogens is 3. The fraction of sp³-hybridized carbons (Fsp3) is 0. The predicted molar refractivity (Wildman–Crippen MR) is 49.1 cm³/mol. The molecule has 0 aliphatic rings. The van der Waals surface area contributed by atoms with Gasteiger partial charge in [-0.3, -0.25) is 0 Å². The van der Waals surface area contributed by atoms with Gasteiger partial charge >= 0.3 is 0 Å². The van der Waals surface area contributed by atoms with Crippen molar-refractivity contribution in [3.8, 4) is 5.82 Å². The number of nitrogens with two attached hydrogens (primary N) is 1. The van der Waals surface area contributed by atoms with E-state index in [1.54, 1.807) is 6.07 Å². The summed E-state index contributed by atoms with van der Waals surface area (Å²) in [6.45, 7) is 0. The van der Waals surface area contributed by atoms with E-state index in [1.165, 1.54) is 17.1 Å². The van der Waals surface area contributed by atoms with Crippen LogP contribution in [0.5, 0.6) is 0 Å². The van der Waals surface area contributed by atoms with E-state index in [4.69, 9.17) is 5.84 Å². The van der Waals surface area contributed by atoms with Crippen molar-refractivity contribution in [2.75, 3.05) is 5.43 Å². The Morgan fingerprint density at radius 2 is 2.13 bits per heavy atom. The Morgan fingerprint density at radius 1 is 1.33 bits per heavy atom. The van der Waals surface area contributed by atoms with Crippen LogP contribution in [-0.4, -0.2) is 14.8 Å². The molecule has 0 atom stereocenters. The van der Waals surface area contributed by atoms with Crippen LogP contribution in [0.4, 0.5) is 14.6 Å². The number of rotatable bonds is 2. The van der Waals surface area contributed by atoms with Crippen LogP contribution >= 0.6 is 0 Å². The van der Waals surface area contributed by atoms with Gasteiger partial charge in [0.25, 0.3) is 0 Å². The Labute approximate surface area is 83.5 Å². The summed E-state index contributed by atoms with van der Waals surface area (Å²) in [7, 11) is 0. The summed E-state index contributed by atoms with van der Waals surface area (Å²) in [5, 5.41) is 3.78. The first-order chi connectivity index (χ1) is 7.22. The lowest BCUT2D eigenvalue weighted by Crippen LogP contribution is -2.13. The molecule has 7 heteroatoms. The quantitative estimate of drug-likeness (QED) is 0.570. The zero-order valence-corrected chi connectivity index (χ0v) is 7.48. The summed E-state index contributed by atoms with van der Waals surface area (Å²) < 4.78 is 27.5. The van der Waals surface area contributed by atoms with Gasteiger partial charge < -0.3 is 5.43 Å². The molecule has 15 heavy (non-hydrogen) atoms. The fourth-order valence-corrected chi connectivity index (χ4v) is 1.11. The Bertz CT molecular complexity index is 468. The van der Waals surface area contributed by atoms with Gasteiger partial charge in [0, 0.05) is 18.5 Å². The molecule has 0 amide bonds. The SMILES string of the molecule is NNc1nc(-n2cccn2)c(F)cc1F. The summed E-state index contributed by atoms with van der Waals surface area (Å²) in [4.78, 5) is 3.65. The van der Waals surface area contributed by atoms with Crippen molar-refractivity contribution < 1.29 is 8.78 Å². The molecule has 0 fully saturated rings. The Morgan fingerprint density at radius 3 is 2.73 bits per heavy atom. The number of pyridine rings is 1. The van der Waals surface area contributed by atoms with Crippen molar-refractivity contribution >= 4 is 5.82 Å². The predicted octanol–water partition coefficient (Wildman–Crippen LogP) is 0.831. The van der Waals surface area contributed by atoms with Crippen molar-refractivity contribution in [1.82, 2.24) is 14.8 Å². The van der Waals surface area contributed by atoms with Gasteiger partial charge in [0.1, 0.15) is 0 Å². The molecule has 0 aliphatic carbocycles. The maximum atomic E-state index is 13.3. The summed E-state index contributed by atoms with van der Waals surface area (Å²) in [5.74, 6) is 3.00. The van der Waals surface area contributed by atoms with E-state index in [-0.39, 0.29) is 11.6 Å². The third kappa shape index (κ3) is 1.64. The lowest BCUT2D eigenvalue weighted by molar-refractivity contribution is 0.563. The van der Waals surface area contributed by atoms with Crippen LogP contribution in [0.15, 0.2) is 24.5 Å². The Balaban J connectivity index is 2.57. The normalized spacial score (nSPS) is 10.3. The molecule has 0 spiro atoms. The minimum atomic E-state index is -0.856. The molecule has 0 aromatic carbocycles. The van der Waals surface area contributed by atoms with E-state index in [2.05, 4.69) is 10.1 Å². The van der Waals surface area contributed by atoms with Gasteiger partial charge in [0.2, 0.25) is 0 Å². The molecule has 78 valence electrons. The fourth-order valence-electron chi connectivity index (χ4n) is 1.11. The zero-order chi connectivity index (χ0) is 10.8. The van der Waals surface area contributed by atoms with E-state index >= 15 is 0 Å². The number of hydrogen-bond acceptors (Lipinski definition) is 4. The standard InChI is InChI=1S/C8H7F2N5/c9-5-4-6(10)8(13-7(5)14-11)15-3-1-2-12-15/h1-4H,11H2,(H,13,14). The van der Waals surface area contributed by atoms with Gasteiger partial charge in [-0.15, -0.1) is 0 Å². The van der Waals surface area contributed by atoms with Gasteiger partial charge in [-0.05, 0) is 6.07 Å². The highest BCUT2D eigenvalue weighted by atomic mass is 19.1. The Kier molecular flexibility index (Phi) is 2.30. The molecule has 3 N–H and O–H groups in total. The van der Waals surface area contributed by atoms with E-state index in [0.717, 1.165) is 0 Å². The second-order valence-electron chi connectivity index (χ2n) is 2.72. The number of nitrogen functional groups attached to an aromatic ring is 1. The van der Waals surface area contributed by atoms with Gasteiger partial charge in [-0.25, -0.2) is 24.3 Å². The third-order valence-corrected chi connectivity index (χ3v) is 1.77. The number of nitrogens with zero attached hydrogens (tertiary/aromatic N) is 3. The molecular weight excluding hydrogens is 204 g/mol. The lowest BCUT2D eigenvalue weighted by atomic mass is 10.4. The van der Waals surface area contributed by atoms with Crippen LogP contribution in [0.2, 0.25) is 0 Å². The van der Waals surface area contributed by atoms with Crippen LogP contribution in [0.25, 0.3) is 5.82 Å². The van der Waals surface area contributed by atoms with E-state index < -0.39 is 11.6 Å². The van der Waals surface area contributed by atoms with Crippen LogP contribution in [0.3, 0.4) is 0 Å². The molecule has 5 nitrogen and oxygen atoms in total. The first-order valence-electron chi connectivity index (χ1n) is 4.05. The summed E-state index contributed by atoms with van der Waals surface area (Å²) in [5.41, 5.74) is 2.03. The topological polar surface area (TPSA) is 68.8 Å². The molecule has 0 bridgehead atoms. The van der Waals surface area contributed by atoms with Crippen molar-refractivity contribution in [3.05, 3.63) is 36.2 Å². The lowest BCUT2D eigenvalue weighted by Gasteiger charge is -2.06. The average molecular weight is 211 g/mol. The van der Waals surface area contributed by atoms with E-state index in [9.17, 15) is 8.78 Å². The minimum Gasteiger partial charge on any atom is -0.306 e. The van der Waals surface area contributed by atoms with Crippen molar-refractivity contribution in [2.24, 2.45) is 5.84 Å². The maximum Gasteiger partial charge on any atom is 0.191 e. The number of hydrogen-bond donors (Lipinski definition) is 2. The number of hydrazine groups is 1. The number of halogens is 2. The smallest absolute Gasteiger partial charge is 0.191 e. The molecule has 0 saturated carbocycles. The molecule has 2 aromatic rings. The largest absolute Gasteiger partial charge is 0.306 e. The summed E-state index contributed by atoms with van der Waals surface area (Å²) >= 11 is 0. The van der Waals surface area contributed by atoms with E-state index in [0.29, 0.717) is 6.07 Å². The van der Waals surface area contributed by atoms with E-state index in [1.807, 2.05) is 5.43 Å². The highest BCUT2D eigenvalue weighted by molar-refractivity contribution is 5.40. The zero-order valence-electron chi connectivity index (χ0n) is 7.48. The molecule has 0 aliphatic heterocycles. The van der Waals surface area contributed by atoms with Crippen LogP contribution in [0.1, 0.15) is 0 Å². The highest BCUT2D eigenvalue weighted by Crippen LogP contribution is 2.16. The van der Waals surface area contributed by atoms with Crippen LogP contribution < -0.4 is 11.3 Å². The first-order valence-corrected chi connectivity index (χ1v) is 4.05. The van der Waals surface area contributed by atoms with Gasteiger partial charge in [0.05, 0.1) is 0 Å². The maximum absolute atomic E-state index is 13.3. The second kappa shape index (κ2) is 3.62. The summed E-state index contributed by atoms with van der Waals surface area (Å²) in [6, 6.07) is 2.29. The van der Waals surface area contributed by atoms with Crippen LogP contribution in [0, 0.1) is 11.6 Å². The molecule has 0 saturated heterocycles. The molecule has 2 aromatic heterocycles. The first kappa shape index (κ1) is 9.53. The van der Waals surface area contributed by atoms with Crippen molar-refractivity contribution in [2.45, 2.75) is 0 Å². The van der Waals surface area contributed by atoms with Crippen LogP contribution in [-0.2, 0) is 0 Å². The van der Waals surface area contributed by atoms with Gasteiger partial charge in [0.15, 0.2) is 23.3 Å². The third-order valence-electron chi connectivity index (χ3n) is 1.77. The number of nitrogens with one attached hydrogen (secondary N) is 1. The molecule has 2 heterocycles. The van der Waals surface area contributed by atoms with Gasteiger partial charge in [-0.2, -0.15) is 5.10 Å². The molecular formula is C8H7F2N5.